The maximum Gasteiger partial charge on any atom is 0.148 e. The summed E-state index contributed by atoms with van der Waals surface area (Å²) < 4.78 is 5.47. The van der Waals surface area contributed by atoms with Crippen LogP contribution in [0.3, 0.4) is 0 Å². The van der Waals surface area contributed by atoms with E-state index in [0.717, 1.165) is 19.1 Å². The summed E-state index contributed by atoms with van der Waals surface area (Å²) in [4.78, 5) is 10.3. The summed E-state index contributed by atoms with van der Waals surface area (Å²) >= 11 is 0. The van der Waals surface area contributed by atoms with Crippen LogP contribution in [0.25, 0.3) is 0 Å². The van der Waals surface area contributed by atoms with Crippen LogP contribution >= 0.6 is 0 Å². The van der Waals surface area contributed by atoms with Crippen LogP contribution in [0.1, 0.15) is 39.0 Å². The zero-order chi connectivity index (χ0) is 8.10. The number of rotatable bonds is 3. The lowest BCUT2D eigenvalue weighted by Crippen LogP contribution is -2.22. The highest BCUT2D eigenvalue weighted by molar-refractivity contribution is 5.55. The van der Waals surface area contributed by atoms with Gasteiger partial charge in [-0.15, -0.1) is 0 Å². The first-order valence-electron chi connectivity index (χ1n) is 4.43. The number of ether oxygens (including phenoxy) is 1. The predicted molar refractivity (Wildman–Crippen MR) is 43.5 cm³/mol. The molecule has 1 aliphatic carbocycles. The zero-order valence-electron chi connectivity index (χ0n) is 7.08. The molecule has 11 heavy (non-hydrogen) atoms. The van der Waals surface area contributed by atoms with Gasteiger partial charge in [-0.05, 0) is 19.8 Å². The van der Waals surface area contributed by atoms with Gasteiger partial charge in [0.05, 0.1) is 6.10 Å². The molecule has 1 saturated carbocycles. The van der Waals surface area contributed by atoms with E-state index in [2.05, 4.69) is 0 Å². The minimum Gasteiger partial charge on any atom is -0.368 e. The average molecular weight is 156 g/mol. The fourth-order valence-electron chi connectivity index (χ4n) is 1.54. The van der Waals surface area contributed by atoms with Crippen molar-refractivity contribution in [3.8, 4) is 0 Å². The Morgan fingerprint density at radius 1 is 1.36 bits per heavy atom. The molecule has 0 heterocycles. The molecule has 0 aliphatic heterocycles. The van der Waals surface area contributed by atoms with E-state index in [-0.39, 0.29) is 6.10 Å². The van der Waals surface area contributed by atoms with Crippen molar-refractivity contribution in [2.45, 2.75) is 51.2 Å². The van der Waals surface area contributed by atoms with Crippen molar-refractivity contribution in [2.24, 2.45) is 0 Å². The third-order valence-corrected chi connectivity index (χ3v) is 2.15. The van der Waals surface area contributed by atoms with E-state index in [0.29, 0.717) is 6.10 Å². The van der Waals surface area contributed by atoms with Crippen molar-refractivity contribution in [1.29, 1.82) is 0 Å². The van der Waals surface area contributed by atoms with Crippen LogP contribution in [-0.4, -0.2) is 18.5 Å². The molecule has 0 radical (unpaired) electrons. The normalized spacial score (nSPS) is 23.0. The highest BCUT2D eigenvalue weighted by Gasteiger charge is 2.15. The molecule has 0 N–H and O–H groups in total. The van der Waals surface area contributed by atoms with Crippen molar-refractivity contribution < 1.29 is 9.53 Å². The second-order valence-corrected chi connectivity index (χ2v) is 3.24. The highest BCUT2D eigenvalue weighted by atomic mass is 16.5. The number of hydrogen-bond donors (Lipinski definition) is 0. The topological polar surface area (TPSA) is 26.3 Å². The van der Waals surface area contributed by atoms with Gasteiger partial charge in [0.25, 0.3) is 0 Å². The molecule has 0 aromatic rings. The molecule has 1 fully saturated rings. The van der Waals surface area contributed by atoms with Crippen LogP contribution in [0.15, 0.2) is 0 Å². The van der Waals surface area contributed by atoms with Crippen LogP contribution in [0, 0.1) is 0 Å². The van der Waals surface area contributed by atoms with Gasteiger partial charge in [0, 0.05) is 0 Å². The molecular formula is C9H16O2. The summed E-state index contributed by atoms with van der Waals surface area (Å²) in [6.45, 7) is 1.81. The Balaban J connectivity index is 2.18. The smallest absolute Gasteiger partial charge is 0.148 e. The molecule has 0 saturated heterocycles. The lowest BCUT2D eigenvalue weighted by Gasteiger charge is -2.23. The fourth-order valence-corrected chi connectivity index (χ4v) is 1.54. The highest BCUT2D eigenvalue weighted by Crippen LogP contribution is 2.20. The number of carbonyl (C=O) groups is 1. The first-order chi connectivity index (χ1) is 5.33. The molecule has 1 unspecified atom stereocenters. The molecule has 0 spiro atoms. The van der Waals surface area contributed by atoms with Crippen molar-refractivity contribution >= 4 is 6.29 Å². The Labute approximate surface area is 67.9 Å². The number of carbonyl (C=O) groups excluding carboxylic acids is 1. The number of hydrogen-bond acceptors (Lipinski definition) is 2. The van der Waals surface area contributed by atoms with Crippen molar-refractivity contribution in [2.75, 3.05) is 0 Å². The van der Waals surface area contributed by atoms with Crippen LogP contribution in [0.2, 0.25) is 0 Å². The van der Waals surface area contributed by atoms with Gasteiger partial charge in [0.1, 0.15) is 12.4 Å². The summed E-state index contributed by atoms with van der Waals surface area (Å²) in [6, 6.07) is 0. The van der Waals surface area contributed by atoms with Crippen LogP contribution in [0.4, 0.5) is 0 Å². The van der Waals surface area contributed by atoms with Crippen molar-refractivity contribution in [3.05, 3.63) is 0 Å². The van der Waals surface area contributed by atoms with E-state index in [1.165, 1.54) is 19.3 Å². The summed E-state index contributed by atoms with van der Waals surface area (Å²) in [7, 11) is 0. The second-order valence-electron chi connectivity index (χ2n) is 3.24. The predicted octanol–water partition coefficient (Wildman–Crippen LogP) is 1.92. The Kier molecular flexibility index (Phi) is 3.57. The zero-order valence-corrected chi connectivity index (χ0v) is 7.08. The molecule has 1 atom stereocenters. The molecular weight excluding hydrogens is 140 g/mol. The summed E-state index contributed by atoms with van der Waals surface area (Å²) in [5.41, 5.74) is 0. The molecule has 0 amide bonds. The van der Waals surface area contributed by atoms with Crippen LogP contribution < -0.4 is 0 Å². The maximum absolute atomic E-state index is 10.3. The minimum atomic E-state index is -0.210. The molecule has 0 bridgehead atoms. The average Bonchev–Trinajstić information content (AvgIpc) is 2.06. The first kappa shape index (κ1) is 8.72. The van der Waals surface area contributed by atoms with E-state index in [4.69, 9.17) is 4.74 Å². The van der Waals surface area contributed by atoms with Gasteiger partial charge in [-0.1, -0.05) is 19.3 Å². The molecule has 2 heteroatoms. The molecule has 0 aromatic carbocycles. The summed E-state index contributed by atoms with van der Waals surface area (Å²) in [5, 5.41) is 0. The van der Waals surface area contributed by atoms with Gasteiger partial charge >= 0.3 is 0 Å². The molecule has 1 aliphatic rings. The minimum absolute atomic E-state index is 0.210. The second kappa shape index (κ2) is 4.50. The van der Waals surface area contributed by atoms with Gasteiger partial charge in [-0.3, -0.25) is 0 Å². The quantitative estimate of drug-likeness (QED) is 0.583. The SMILES string of the molecule is CC(C=O)OC1CCCCC1. The lowest BCUT2D eigenvalue weighted by atomic mass is 9.98. The van der Waals surface area contributed by atoms with Crippen molar-refractivity contribution in [1.82, 2.24) is 0 Å². The Hall–Kier alpha value is -0.370. The molecule has 1 rings (SSSR count). The standard InChI is InChI=1S/C9H16O2/c1-8(7-10)11-9-5-3-2-4-6-9/h7-9H,2-6H2,1H3. The van der Waals surface area contributed by atoms with E-state index >= 15 is 0 Å². The van der Waals surface area contributed by atoms with Gasteiger partial charge in [0.2, 0.25) is 0 Å². The van der Waals surface area contributed by atoms with Crippen LogP contribution in [0.5, 0.6) is 0 Å². The fraction of sp³-hybridized carbons (Fsp3) is 0.889. The van der Waals surface area contributed by atoms with Gasteiger partial charge in [-0.2, -0.15) is 0 Å². The summed E-state index contributed by atoms with van der Waals surface area (Å²) in [6.07, 6.45) is 7.13. The van der Waals surface area contributed by atoms with E-state index < -0.39 is 0 Å². The maximum atomic E-state index is 10.3. The molecule has 0 aromatic heterocycles. The first-order valence-corrected chi connectivity index (χ1v) is 4.43. The van der Waals surface area contributed by atoms with Crippen molar-refractivity contribution in [3.63, 3.8) is 0 Å². The monoisotopic (exact) mass is 156 g/mol. The third-order valence-electron chi connectivity index (χ3n) is 2.15. The summed E-state index contributed by atoms with van der Waals surface area (Å²) in [5.74, 6) is 0. The Morgan fingerprint density at radius 2 is 2.00 bits per heavy atom. The lowest BCUT2D eigenvalue weighted by molar-refractivity contribution is -0.121. The van der Waals surface area contributed by atoms with Gasteiger partial charge in [-0.25, -0.2) is 0 Å². The van der Waals surface area contributed by atoms with E-state index in [1.54, 1.807) is 0 Å². The van der Waals surface area contributed by atoms with Gasteiger partial charge < -0.3 is 9.53 Å². The molecule has 64 valence electrons. The Morgan fingerprint density at radius 3 is 2.55 bits per heavy atom. The van der Waals surface area contributed by atoms with E-state index in [1.807, 2.05) is 6.92 Å². The largest absolute Gasteiger partial charge is 0.368 e. The van der Waals surface area contributed by atoms with E-state index in [9.17, 15) is 4.79 Å². The Bertz CT molecular complexity index is 117. The van der Waals surface area contributed by atoms with Gasteiger partial charge in [0.15, 0.2) is 0 Å². The number of aldehydes is 1. The van der Waals surface area contributed by atoms with Crippen LogP contribution in [-0.2, 0) is 9.53 Å². The molecule has 2 nitrogen and oxygen atoms in total. The third kappa shape index (κ3) is 3.02.